The number of esters is 1. The fraction of sp³-hybridized carbons (Fsp3) is 0.0909. The average Bonchev–Trinajstić information content (AvgIpc) is 2.73. The number of benzene rings is 2. The highest BCUT2D eigenvalue weighted by atomic mass is 16.5. The molecule has 7 heteroatoms. The number of aryl methyl sites for hydroxylation is 1. The van der Waals surface area contributed by atoms with Gasteiger partial charge in [-0.05, 0) is 31.2 Å². The first-order chi connectivity index (χ1) is 14.1. The van der Waals surface area contributed by atoms with Crippen LogP contribution in [0.5, 0.6) is 0 Å². The van der Waals surface area contributed by atoms with Crippen LogP contribution in [0.15, 0.2) is 66.9 Å². The number of nitrogens with one attached hydrogen (secondary N) is 2. The molecule has 0 saturated heterocycles. The standard InChI is InChI=1S/C22H19N5O2/c1-14-24-19(26-17-10-4-3-9-16(17)22(28)29-2)13-20(25-14)27-18-11-5-7-15-8-6-12-23-21(15)18/h3-13H,1-2H3,(H2,24,25,26,27). The SMILES string of the molecule is COC(=O)c1ccccc1Nc1cc(Nc2cccc3cccnc23)nc(C)n1. The average molecular weight is 385 g/mol. The van der Waals surface area contributed by atoms with Gasteiger partial charge in [-0.25, -0.2) is 14.8 Å². The molecule has 2 heterocycles. The maximum Gasteiger partial charge on any atom is 0.339 e. The molecule has 2 N–H and O–H groups in total. The Morgan fingerprint density at radius 3 is 2.38 bits per heavy atom. The van der Waals surface area contributed by atoms with E-state index in [1.165, 1.54) is 7.11 Å². The van der Waals surface area contributed by atoms with E-state index >= 15 is 0 Å². The van der Waals surface area contributed by atoms with Gasteiger partial charge in [0.15, 0.2) is 0 Å². The van der Waals surface area contributed by atoms with Gasteiger partial charge in [-0.1, -0.05) is 30.3 Å². The van der Waals surface area contributed by atoms with Gasteiger partial charge in [0.2, 0.25) is 0 Å². The van der Waals surface area contributed by atoms with Crippen molar-refractivity contribution in [3.63, 3.8) is 0 Å². The second-order valence-electron chi connectivity index (χ2n) is 6.35. The van der Waals surface area contributed by atoms with E-state index in [9.17, 15) is 4.79 Å². The van der Waals surface area contributed by atoms with Crippen LogP contribution in [0.1, 0.15) is 16.2 Å². The van der Waals surface area contributed by atoms with Gasteiger partial charge in [-0.3, -0.25) is 4.98 Å². The lowest BCUT2D eigenvalue weighted by atomic mass is 10.2. The Morgan fingerprint density at radius 1 is 0.897 bits per heavy atom. The van der Waals surface area contributed by atoms with E-state index in [0.29, 0.717) is 28.7 Å². The number of fused-ring (bicyclic) bond motifs is 1. The third-order valence-corrected chi connectivity index (χ3v) is 4.33. The van der Waals surface area contributed by atoms with Crippen LogP contribution in [-0.4, -0.2) is 28.0 Å². The summed E-state index contributed by atoms with van der Waals surface area (Å²) >= 11 is 0. The molecule has 0 amide bonds. The number of pyridine rings is 1. The molecule has 0 atom stereocenters. The minimum atomic E-state index is -0.418. The fourth-order valence-corrected chi connectivity index (χ4v) is 3.06. The Kier molecular flexibility index (Phi) is 5.03. The third-order valence-electron chi connectivity index (χ3n) is 4.33. The first kappa shape index (κ1) is 18.4. The second kappa shape index (κ2) is 7.93. The second-order valence-corrected chi connectivity index (χ2v) is 6.35. The van der Waals surface area contributed by atoms with Gasteiger partial charge in [0.1, 0.15) is 17.5 Å². The number of hydrogen-bond donors (Lipinski definition) is 2. The van der Waals surface area contributed by atoms with Crippen molar-refractivity contribution >= 4 is 39.9 Å². The lowest BCUT2D eigenvalue weighted by Gasteiger charge is -2.13. The van der Waals surface area contributed by atoms with E-state index in [-0.39, 0.29) is 0 Å². The summed E-state index contributed by atoms with van der Waals surface area (Å²) in [4.78, 5) is 25.4. The maximum atomic E-state index is 12.0. The Bertz CT molecular complexity index is 1190. The van der Waals surface area contributed by atoms with Crippen LogP contribution in [0.3, 0.4) is 0 Å². The van der Waals surface area contributed by atoms with Gasteiger partial charge in [-0.2, -0.15) is 0 Å². The quantitative estimate of drug-likeness (QED) is 0.485. The van der Waals surface area contributed by atoms with Crippen molar-refractivity contribution in [1.29, 1.82) is 0 Å². The van der Waals surface area contributed by atoms with Crippen molar-refractivity contribution in [1.82, 2.24) is 15.0 Å². The summed E-state index contributed by atoms with van der Waals surface area (Å²) in [5.74, 6) is 1.35. The van der Waals surface area contributed by atoms with Gasteiger partial charge in [-0.15, -0.1) is 0 Å². The molecule has 0 radical (unpaired) electrons. The maximum absolute atomic E-state index is 12.0. The molecule has 0 aliphatic carbocycles. The van der Waals surface area contributed by atoms with Crippen LogP contribution in [0.2, 0.25) is 0 Å². The van der Waals surface area contributed by atoms with E-state index in [2.05, 4.69) is 25.6 Å². The molecule has 4 aromatic rings. The van der Waals surface area contributed by atoms with Crippen molar-refractivity contribution < 1.29 is 9.53 Å². The first-order valence-electron chi connectivity index (χ1n) is 9.05. The molecule has 2 aromatic heterocycles. The monoisotopic (exact) mass is 385 g/mol. The smallest absolute Gasteiger partial charge is 0.339 e. The molecule has 0 aliphatic heterocycles. The number of para-hydroxylation sites is 2. The van der Waals surface area contributed by atoms with Gasteiger partial charge < -0.3 is 15.4 Å². The summed E-state index contributed by atoms with van der Waals surface area (Å²) in [5.41, 5.74) is 2.74. The molecule has 0 spiro atoms. The van der Waals surface area contributed by atoms with Gasteiger partial charge in [0.25, 0.3) is 0 Å². The number of ether oxygens (including phenoxy) is 1. The number of rotatable bonds is 5. The van der Waals surface area contributed by atoms with E-state index in [1.807, 2.05) is 43.3 Å². The summed E-state index contributed by atoms with van der Waals surface area (Å²) in [6.45, 7) is 1.81. The number of carbonyl (C=O) groups is 1. The molecule has 0 unspecified atom stereocenters. The van der Waals surface area contributed by atoms with Crippen LogP contribution in [0, 0.1) is 6.92 Å². The van der Waals surface area contributed by atoms with Crippen LogP contribution in [-0.2, 0) is 4.74 Å². The molecular formula is C22H19N5O2. The number of aromatic nitrogens is 3. The largest absolute Gasteiger partial charge is 0.465 e. The van der Waals surface area contributed by atoms with Gasteiger partial charge in [0.05, 0.1) is 29.6 Å². The highest BCUT2D eigenvalue weighted by Crippen LogP contribution is 2.26. The van der Waals surface area contributed by atoms with Crippen molar-refractivity contribution in [2.75, 3.05) is 17.7 Å². The summed E-state index contributed by atoms with van der Waals surface area (Å²) in [5, 5.41) is 7.54. The van der Waals surface area contributed by atoms with E-state index in [1.54, 1.807) is 30.5 Å². The Labute approximate surface area is 167 Å². The van der Waals surface area contributed by atoms with Crippen LogP contribution in [0.25, 0.3) is 10.9 Å². The Morgan fingerprint density at radius 2 is 1.59 bits per heavy atom. The van der Waals surface area contributed by atoms with E-state index < -0.39 is 5.97 Å². The highest BCUT2D eigenvalue weighted by molar-refractivity contribution is 5.96. The van der Waals surface area contributed by atoms with Gasteiger partial charge in [0, 0.05) is 17.6 Å². The van der Waals surface area contributed by atoms with Crippen molar-refractivity contribution in [2.45, 2.75) is 6.92 Å². The summed E-state index contributed by atoms with van der Waals surface area (Å²) in [7, 11) is 1.36. The van der Waals surface area contributed by atoms with E-state index in [0.717, 1.165) is 16.6 Å². The molecule has 144 valence electrons. The fourth-order valence-electron chi connectivity index (χ4n) is 3.06. The normalized spacial score (nSPS) is 10.6. The summed E-state index contributed by atoms with van der Waals surface area (Å²) < 4.78 is 4.85. The lowest BCUT2D eigenvalue weighted by Crippen LogP contribution is -2.07. The summed E-state index contributed by atoms with van der Waals surface area (Å²) in [6.07, 6.45) is 1.76. The number of nitrogens with zero attached hydrogens (tertiary/aromatic N) is 3. The number of hydrogen-bond acceptors (Lipinski definition) is 7. The first-order valence-corrected chi connectivity index (χ1v) is 9.05. The van der Waals surface area contributed by atoms with Crippen LogP contribution < -0.4 is 10.6 Å². The molecule has 29 heavy (non-hydrogen) atoms. The molecule has 0 aliphatic rings. The zero-order chi connectivity index (χ0) is 20.2. The molecule has 0 saturated carbocycles. The van der Waals surface area contributed by atoms with Crippen molar-refractivity contribution in [3.8, 4) is 0 Å². The minimum Gasteiger partial charge on any atom is -0.465 e. The molecular weight excluding hydrogens is 366 g/mol. The molecule has 0 fully saturated rings. The zero-order valence-electron chi connectivity index (χ0n) is 16.0. The Balaban J connectivity index is 1.66. The number of anilines is 4. The predicted molar refractivity (Wildman–Crippen MR) is 113 cm³/mol. The van der Waals surface area contributed by atoms with Crippen LogP contribution >= 0.6 is 0 Å². The predicted octanol–water partition coefficient (Wildman–Crippen LogP) is 4.61. The highest BCUT2D eigenvalue weighted by Gasteiger charge is 2.12. The summed E-state index contributed by atoms with van der Waals surface area (Å²) in [6, 6.07) is 18.7. The molecule has 2 aromatic carbocycles. The minimum absolute atomic E-state index is 0.418. The molecule has 0 bridgehead atoms. The van der Waals surface area contributed by atoms with Crippen molar-refractivity contribution in [3.05, 3.63) is 78.2 Å². The molecule has 7 nitrogen and oxygen atoms in total. The topological polar surface area (TPSA) is 89.0 Å². The van der Waals surface area contributed by atoms with Crippen LogP contribution in [0.4, 0.5) is 23.0 Å². The number of carbonyl (C=O) groups excluding carboxylic acids is 1. The van der Waals surface area contributed by atoms with Gasteiger partial charge >= 0.3 is 5.97 Å². The van der Waals surface area contributed by atoms with Crippen molar-refractivity contribution in [2.24, 2.45) is 0 Å². The lowest BCUT2D eigenvalue weighted by molar-refractivity contribution is 0.0602. The molecule has 4 rings (SSSR count). The van der Waals surface area contributed by atoms with E-state index in [4.69, 9.17) is 4.74 Å². The third kappa shape index (κ3) is 3.98. The number of methoxy groups -OCH3 is 1. The Hall–Kier alpha value is -4.00. The zero-order valence-corrected chi connectivity index (χ0v) is 16.0.